The van der Waals surface area contributed by atoms with Crippen molar-refractivity contribution in [3.05, 3.63) is 0 Å². The van der Waals surface area contributed by atoms with Crippen molar-refractivity contribution in [1.29, 1.82) is 0 Å². The van der Waals surface area contributed by atoms with Gasteiger partial charge in [0.1, 0.15) is 0 Å². The van der Waals surface area contributed by atoms with Crippen LogP contribution in [0, 0.1) is 5.41 Å². The fourth-order valence-electron chi connectivity index (χ4n) is 2.23. The normalized spacial score (nSPS) is 21.4. The van der Waals surface area contributed by atoms with Crippen molar-refractivity contribution >= 4 is 23.8 Å². The Bertz CT molecular complexity index is 368. The third kappa shape index (κ3) is 4.30. The van der Waals surface area contributed by atoms with Crippen molar-refractivity contribution in [2.45, 2.75) is 46.2 Å². The molecule has 2 atom stereocenters. The summed E-state index contributed by atoms with van der Waals surface area (Å²) in [5.41, 5.74) is -0.00274. The summed E-state index contributed by atoms with van der Waals surface area (Å²) < 4.78 is 0. The van der Waals surface area contributed by atoms with Crippen LogP contribution in [0.3, 0.4) is 0 Å². The molecule has 5 nitrogen and oxygen atoms in total. The van der Waals surface area contributed by atoms with Gasteiger partial charge in [-0.15, -0.1) is 0 Å². The lowest BCUT2D eigenvalue weighted by molar-refractivity contribution is -0.138. The number of carboxylic acid groups (broad SMARTS) is 1. The van der Waals surface area contributed by atoms with Gasteiger partial charge in [0.05, 0.1) is 12.5 Å². The molecule has 20 heavy (non-hydrogen) atoms. The number of urea groups is 1. The number of nitrogens with zero attached hydrogens (tertiary/aromatic N) is 2. The molecule has 1 aliphatic rings. The summed E-state index contributed by atoms with van der Waals surface area (Å²) in [5, 5.41) is 8.98. The summed E-state index contributed by atoms with van der Waals surface area (Å²) in [6.45, 7) is 8.96. The van der Waals surface area contributed by atoms with Gasteiger partial charge in [0.25, 0.3) is 0 Å². The smallest absolute Gasteiger partial charge is 0.320 e. The molecule has 0 aromatic carbocycles. The zero-order chi connectivity index (χ0) is 15.5. The lowest BCUT2D eigenvalue weighted by Crippen LogP contribution is -2.55. The van der Waals surface area contributed by atoms with E-state index in [1.807, 2.05) is 6.92 Å². The van der Waals surface area contributed by atoms with Crippen LogP contribution in [0.5, 0.6) is 0 Å². The minimum absolute atomic E-state index is 0.00274. The molecule has 1 N–H and O–H groups in total. The Labute approximate surface area is 125 Å². The van der Waals surface area contributed by atoms with E-state index in [4.69, 9.17) is 5.11 Å². The average Bonchev–Trinajstić information content (AvgIpc) is 2.35. The average molecular weight is 302 g/mol. The molecule has 6 heteroatoms. The Morgan fingerprint density at radius 2 is 2.05 bits per heavy atom. The minimum atomic E-state index is -0.846. The molecule has 0 spiro atoms. The Balaban J connectivity index is 2.79. The van der Waals surface area contributed by atoms with Gasteiger partial charge in [-0.1, -0.05) is 20.8 Å². The van der Waals surface area contributed by atoms with Gasteiger partial charge in [0, 0.05) is 31.1 Å². The van der Waals surface area contributed by atoms with Crippen LogP contribution >= 0.6 is 11.8 Å². The predicted molar refractivity (Wildman–Crippen MR) is 82.1 cm³/mol. The molecule has 0 saturated carbocycles. The lowest BCUT2D eigenvalue weighted by atomic mass is 9.87. The van der Waals surface area contributed by atoms with Crippen LogP contribution in [0.4, 0.5) is 4.79 Å². The molecule has 0 bridgehead atoms. The molecule has 1 saturated heterocycles. The highest BCUT2D eigenvalue weighted by atomic mass is 32.2. The van der Waals surface area contributed by atoms with Gasteiger partial charge in [-0.25, -0.2) is 4.79 Å². The molecule has 2 amide bonds. The zero-order valence-electron chi connectivity index (χ0n) is 13.0. The largest absolute Gasteiger partial charge is 0.481 e. The number of carbonyl (C=O) groups is 2. The van der Waals surface area contributed by atoms with E-state index in [1.54, 1.807) is 28.6 Å². The number of thioether (sulfide) groups is 1. The molecule has 0 aromatic rings. The van der Waals surface area contributed by atoms with Crippen molar-refractivity contribution in [3.63, 3.8) is 0 Å². The van der Waals surface area contributed by atoms with Gasteiger partial charge in [0.15, 0.2) is 0 Å². The zero-order valence-corrected chi connectivity index (χ0v) is 13.9. The van der Waals surface area contributed by atoms with E-state index >= 15 is 0 Å². The van der Waals surface area contributed by atoms with E-state index in [0.29, 0.717) is 12.3 Å². The maximum Gasteiger partial charge on any atom is 0.320 e. The Kier molecular flexibility index (Phi) is 5.74. The number of amides is 2. The quantitative estimate of drug-likeness (QED) is 0.869. The highest BCUT2D eigenvalue weighted by Gasteiger charge is 2.34. The monoisotopic (exact) mass is 302 g/mol. The van der Waals surface area contributed by atoms with E-state index < -0.39 is 5.97 Å². The van der Waals surface area contributed by atoms with Crippen LogP contribution in [0.25, 0.3) is 0 Å². The van der Waals surface area contributed by atoms with Gasteiger partial charge >= 0.3 is 12.0 Å². The van der Waals surface area contributed by atoms with Crippen molar-refractivity contribution < 1.29 is 14.7 Å². The summed E-state index contributed by atoms with van der Waals surface area (Å²) in [5.74, 6) is 0.733. The maximum atomic E-state index is 12.6. The lowest BCUT2D eigenvalue weighted by Gasteiger charge is -2.42. The molecule has 0 aromatic heterocycles. The first-order valence-electron chi connectivity index (χ1n) is 6.97. The second-order valence-corrected chi connectivity index (χ2v) is 7.61. The van der Waals surface area contributed by atoms with Gasteiger partial charge in [-0.2, -0.15) is 11.8 Å². The van der Waals surface area contributed by atoms with E-state index in [2.05, 4.69) is 20.8 Å². The summed E-state index contributed by atoms with van der Waals surface area (Å²) >= 11 is 1.72. The molecule has 1 aliphatic heterocycles. The molecule has 1 fully saturated rings. The molecule has 1 heterocycles. The first-order chi connectivity index (χ1) is 9.14. The molecule has 0 radical (unpaired) electrons. The van der Waals surface area contributed by atoms with E-state index in [9.17, 15) is 9.59 Å². The van der Waals surface area contributed by atoms with Crippen LogP contribution < -0.4 is 0 Å². The Hall–Kier alpha value is -0.910. The number of hydrogen-bond acceptors (Lipinski definition) is 3. The standard InChI is InChI=1S/C14H26N2O3S/c1-10(14(2,3)4)15(5)13(19)16-6-7-20-9-11(16)8-12(17)18/h10-11H,6-9H2,1-5H3,(H,17,18). The Morgan fingerprint density at radius 3 is 2.55 bits per heavy atom. The van der Waals surface area contributed by atoms with Crippen molar-refractivity contribution in [3.8, 4) is 0 Å². The van der Waals surface area contributed by atoms with E-state index in [1.165, 1.54) is 0 Å². The Morgan fingerprint density at radius 1 is 1.45 bits per heavy atom. The van der Waals surface area contributed by atoms with Gasteiger partial charge in [0.2, 0.25) is 0 Å². The highest BCUT2D eigenvalue weighted by Crippen LogP contribution is 2.26. The van der Waals surface area contributed by atoms with Crippen molar-refractivity contribution in [1.82, 2.24) is 9.80 Å². The molecule has 0 aliphatic carbocycles. The van der Waals surface area contributed by atoms with Gasteiger partial charge in [-0.3, -0.25) is 4.79 Å². The number of rotatable bonds is 3. The van der Waals surface area contributed by atoms with Crippen LogP contribution in [0.1, 0.15) is 34.1 Å². The molecular weight excluding hydrogens is 276 g/mol. The fourth-order valence-corrected chi connectivity index (χ4v) is 3.29. The number of carboxylic acids is 1. The number of carbonyl (C=O) groups excluding carboxylic acids is 1. The molecule has 116 valence electrons. The third-order valence-electron chi connectivity index (χ3n) is 4.02. The summed E-state index contributed by atoms with van der Waals surface area (Å²) in [7, 11) is 1.80. The first-order valence-corrected chi connectivity index (χ1v) is 8.13. The van der Waals surface area contributed by atoms with E-state index in [0.717, 1.165) is 5.75 Å². The minimum Gasteiger partial charge on any atom is -0.481 e. The summed E-state index contributed by atoms with van der Waals surface area (Å²) in [4.78, 5) is 27.0. The topological polar surface area (TPSA) is 60.9 Å². The summed E-state index contributed by atoms with van der Waals surface area (Å²) in [6.07, 6.45) is 0.0243. The number of aliphatic carboxylic acids is 1. The van der Waals surface area contributed by atoms with Crippen LogP contribution in [0.2, 0.25) is 0 Å². The fraction of sp³-hybridized carbons (Fsp3) is 0.857. The summed E-state index contributed by atoms with van der Waals surface area (Å²) in [6, 6.07) is -0.164. The number of hydrogen-bond donors (Lipinski definition) is 1. The third-order valence-corrected chi connectivity index (χ3v) is 5.11. The highest BCUT2D eigenvalue weighted by molar-refractivity contribution is 7.99. The maximum absolute atomic E-state index is 12.6. The van der Waals surface area contributed by atoms with Crippen LogP contribution in [-0.4, -0.2) is 64.1 Å². The van der Waals surface area contributed by atoms with Gasteiger partial charge < -0.3 is 14.9 Å². The second kappa shape index (κ2) is 6.70. The van der Waals surface area contributed by atoms with Crippen molar-refractivity contribution in [2.75, 3.05) is 25.1 Å². The predicted octanol–water partition coefficient (Wildman–Crippen LogP) is 2.36. The van der Waals surface area contributed by atoms with Gasteiger partial charge in [-0.05, 0) is 12.3 Å². The van der Waals surface area contributed by atoms with Crippen LogP contribution in [-0.2, 0) is 4.79 Å². The first kappa shape index (κ1) is 17.1. The molecule has 1 rings (SSSR count). The van der Waals surface area contributed by atoms with Crippen LogP contribution in [0.15, 0.2) is 0 Å². The SMILES string of the molecule is CC(N(C)C(=O)N1CCSCC1CC(=O)O)C(C)(C)C. The molecule has 2 unspecified atom stereocenters. The molecular formula is C14H26N2O3S. The van der Waals surface area contributed by atoms with E-state index in [-0.39, 0.29) is 30.0 Å². The van der Waals surface area contributed by atoms with Crippen molar-refractivity contribution in [2.24, 2.45) is 5.41 Å². The second-order valence-electron chi connectivity index (χ2n) is 6.46.